The molecule has 0 spiro atoms. The van der Waals surface area contributed by atoms with Crippen LogP contribution in [0.15, 0.2) is 34.0 Å². The second-order valence-electron chi connectivity index (χ2n) is 7.81. The number of carbonyl (C=O) groups excluding carboxylic acids is 2. The van der Waals surface area contributed by atoms with E-state index in [-0.39, 0.29) is 29.8 Å². The fraction of sp³-hybridized carbons (Fsp3) is 0.429. The predicted octanol–water partition coefficient (Wildman–Crippen LogP) is 2.95. The van der Waals surface area contributed by atoms with Gasteiger partial charge in [-0.05, 0) is 30.2 Å². The molecule has 0 unspecified atom stereocenters. The summed E-state index contributed by atoms with van der Waals surface area (Å²) in [6, 6.07) is 3.31. The number of likely N-dealkylation sites (tertiary alicyclic amines) is 1. The van der Waals surface area contributed by atoms with Gasteiger partial charge in [-0.2, -0.15) is 0 Å². The van der Waals surface area contributed by atoms with Gasteiger partial charge >= 0.3 is 0 Å². The molecule has 158 valence electrons. The fourth-order valence-corrected chi connectivity index (χ4v) is 5.44. The van der Waals surface area contributed by atoms with Crippen LogP contribution in [0.3, 0.4) is 0 Å². The van der Waals surface area contributed by atoms with Gasteiger partial charge in [0.2, 0.25) is 11.8 Å². The molecule has 1 aliphatic rings. The summed E-state index contributed by atoms with van der Waals surface area (Å²) in [5.74, 6) is -0.450. The summed E-state index contributed by atoms with van der Waals surface area (Å²) in [6.45, 7) is 5.13. The van der Waals surface area contributed by atoms with Crippen LogP contribution in [0.25, 0.3) is 20.7 Å². The van der Waals surface area contributed by atoms with E-state index in [9.17, 15) is 14.4 Å². The van der Waals surface area contributed by atoms with Gasteiger partial charge in [0, 0.05) is 28.9 Å². The quantitative estimate of drug-likeness (QED) is 0.634. The SMILES string of the molecule is CC(C)[C@H](NC(=O)Cn1cnc2scc(-c3cccs3)c2c1=O)C(=O)N1CCCC1. The number of hydrogen-bond donors (Lipinski definition) is 1. The van der Waals surface area contributed by atoms with Crippen LogP contribution in [0.2, 0.25) is 0 Å². The Bertz CT molecular complexity index is 1110. The maximum Gasteiger partial charge on any atom is 0.263 e. The Morgan fingerprint density at radius 1 is 1.23 bits per heavy atom. The first-order valence-corrected chi connectivity index (χ1v) is 11.8. The van der Waals surface area contributed by atoms with Crippen LogP contribution in [0.1, 0.15) is 26.7 Å². The minimum atomic E-state index is -0.592. The van der Waals surface area contributed by atoms with Crippen molar-refractivity contribution in [2.45, 2.75) is 39.3 Å². The molecule has 1 fully saturated rings. The zero-order valence-corrected chi connectivity index (χ0v) is 18.6. The summed E-state index contributed by atoms with van der Waals surface area (Å²) >= 11 is 2.98. The van der Waals surface area contributed by atoms with E-state index in [0.29, 0.717) is 10.2 Å². The number of nitrogens with one attached hydrogen (secondary N) is 1. The molecule has 2 amide bonds. The minimum Gasteiger partial charge on any atom is -0.342 e. The van der Waals surface area contributed by atoms with E-state index in [0.717, 1.165) is 36.4 Å². The van der Waals surface area contributed by atoms with Crippen LogP contribution in [0, 0.1) is 5.92 Å². The number of nitrogens with zero attached hydrogens (tertiary/aromatic N) is 3. The van der Waals surface area contributed by atoms with E-state index < -0.39 is 6.04 Å². The predicted molar refractivity (Wildman–Crippen MR) is 120 cm³/mol. The van der Waals surface area contributed by atoms with Crippen LogP contribution >= 0.6 is 22.7 Å². The normalized spacial score (nSPS) is 15.1. The Balaban J connectivity index is 1.55. The Hall–Kier alpha value is -2.52. The maximum atomic E-state index is 13.1. The number of amides is 2. The Kier molecular flexibility index (Phi) is 6.01. The summed E-state index contributed by atoms with van der Waals surface area (Å²) in [5.41, 5.74) is 0.605. The van der Waals surface area contributed by atoms with Crippen molar-refractivity contribution in [1.82, 2.24) is 19.8 Å². The van der Waals surface area contributed by atoms with Crippen molar-refractivity contribution in [3.63, 3.8) is 0 Å². The molecule has 0 radical (unpaired) electrons. The molecule has 4 heterocycles. The molecular formula is C21H24N4O3S2. The molecule has 0 aliphatic carbocycles. The van der Waals surface area contributed by atoms with Gasteiger partial charge in [-0.25, -0.2) is 4.98 Å². The second-order valence-corrected chi connectivity index (χ2v) is 9.61. The highest BCUT2D eigenvalue weighted by Gasteiger charge is 2.30. The van der Waals surface area contributed by atoms with E-state index in [4.69, 9.17) is 0 Å². The summed E-state index contributed by atoms with van der Waals surface area (Å²) in [7, 11) is 0. The third kappa shape index (κ3) is 4.04. The van der Waals surface area contributed by atoms with E-state index >= 15 is 0 Å². The number of rotatable bonds is 6. The lowest BCUT2D eigenvalue weighted by molar-refractivity contribution is -0.137. The van der Waals surface area contributed by atoms with E-state index in [1.165, 1.54) is 22.2 Å². The highest BCUT2D eigenvalue weighted by atomic mass is 32.1. The molecule has 9 heteroatoms. The van der Waals surface area contributed by atoms with Gasteiger partial charge in [0.1, 0.15) is 17.4 Å². The molecule has 0 aromatic carbocycles. The van der Waals surface area contributed by atoms with Gasteiger partial charge in [0.15, 0.2) is 0 Å². The third-order valence-corrected chi connectivity index (χ3v) is 7.12. The Morgan fingerprint density at radius 3 is 2.67 bits per heavy atom. The molecule has 0 bridgehead atoms. The molecule has 1 N–H and O–H groups in total. The van der Waals surface area contributed by atoms with Crippen LogP contribution in [-0.4, -0.2) is 45.4 Å². The summed E-state index contributed by atoms with van der Waals surface area (Å²) in [6.07, 6.45) is 3.41. The summed E-state index contributed by atoms with van der Waals surface area (Å²) in [5, 5.41) is 7.27. The molecule has 4 rings (SSSR count). The van der Waals surface area contributed by atoms with Crippen LogP contribution in [-0.2, 0) is 16.1 Å². The van der Waals surface area contributed by atoms with E-state index in [2.05, 4.69) is 10.3 Å². The molecule has 7 nitrogen and oxygen atoms in total. The number of hydrogen-bond acceptors (Lipinski definition) is 6. The Labute approximate surface area is 182 Å². The monoisotopic (exact) mass is 444 g/mol. The molecule has 1 aliphatic heterocycles. The van der Waals surface area contributed by atoms with Gasteiger partial charge < -0.3 is 10.2 Å². The Morgan fingerprint density at radius 2 is 2.00 bits per heavy atom. The summed E-state index contributed by atoms with van der Waals surface area (Å²) < 4.78 is 1.32. The first-order valence-electron chi connectivity index (χ1n) is 10.0. The topological polar surface area (TPSA) is 84.3 Å². The van der Waals surface area contributed by atoms with Crippen LogP contribution in [0.5, 0.6) is 0 Å². The first kappa shape index (κ1) is 20.7. The number of aromatic nitrogens is 2. The lowest BCUT2D eigenvalue weighted by Gasteiger charge is -2.26. The smallest absolute Gasteiger partial charge is 0.263 e. The van der Waals surface area contributed by atoms with Crippen LogP contribution < -0.4 is 10.9 Å². The molecule has 30 heavy (non-hydrogen) atoms. The number of thiophene rings is 2. The van der Waals surface area contributed by atoms with Crippen molar-refractivity contribution >= 4 is 44.7 Å². The number of fused-ring (bicyclic) bond motifs is 1. The lowest BCUT2D eigenvalue weighted by Crippen LogP contribution is -2.51. The average Bonchev–Trinajstić information content (AvgIpc) is 3.47. The highest BCUT2D eigenvalue weighted by molar-refractivity contribution is 7.18. The average molecular weight is 445 g/mol. The lowest BCUT2D eigenvalue weighted by atomic mass is 10.0. The fourth-order valence-electron chi connectivity index (χ4n) is 3.71. The zero-order valence-electron chi connectivity index (χ0n) is 17.0. The summed E-state index contributed by atoms with van der Waals surface area (Å²) in [4.78, 5) is 46.4. The van der Waals surface area contributed by atoms with E-state index in [1.807, 2.05) is 41.6 Å². The van der Waals surface area contributed by atoms with Gasteiger partial charge in [0.25, 0.3) is 5.56 Å². The molecule has 3 aromatic rings. The molecule has 0 saturated carbocycles. The van der Waals surface area contributed by atoms with Crippen molar-refractivity contribution < 1.29 is 9.59 Å². The molecule has 1 saturated heterocycles. The van der Waals surface area contributed by atoms with Crippen molar-refractivity contribution in [3.05, 3.63) is 39.6 Å². The molecular weight excluding hydrogens is 420 g/mol. The van der Waals surface area contributed by atoms with Crippen LogP contribution in [0.4, 0.5) is 0 Å². The standard InChI is InChI=1S/C21H24N4O3S2/c1-13(2)18(21(28)24-7-3-4-8-24)23-16(26)10-25-12-22-19-17(20(25)27)14(11-30-19)15-6-5-9-29-15/h5-6,9,11-13,18H,3-4,7-8,10H2,1-2H3,(H,23,26)/t18-/m0/s1. The molecule has 1 atom stereocenters. The highest BCUT2D eigenvalue weighted by Crippen LogP contribution is 2.33. The van der Waals surface area contributed by atoms with Gasteiger partial charge in [-0.3, -0.25) is 19.0 Å². The van der Waals surface area contributed by atoms with Gasteiger partial charge in [0.05, 0.1) is 11.7 Å². The van der Waals surface area contributed by atoms with Crippen molar-refractivity contribution in [3.8, 4) is 10.4 Å². The largest absolute Gasteiger partial charge is 0.342 e. The van der Waals surface area contributed by atoms with Crippen molar-refractivity contribution in [2.24, 2.45) is 5.92 Å². The first-order chi connectivity index (χ1) is 14.5. The van der Waals surface area contributed by atoms with Gasteiger partial charge in [-0.1, -0.05) is 19.9 Å². The maximum absolute atomic E-state index is 13.1. The number of carbonyl (C=O) groups is 2. The van der Waals surface area contributed by atoms with E-state index in [1.54, 1.807) is 11.3 Å². The molecule has 3 aromatic heterocycles. The second kappa shape index (κ2) is 8.69. The zero-order chi connectivity index (χ0) is 21.3. The minimum absolute atomic E-state index is 0.0401. The van der Waals surface area contributed by atoms with Gasteiger partial charge in [-0.15, -0.1) is 22.7 Å². The van der Waals surface area contributed by atoms with Crippen molar-refractivity contribution in [1.29, 1.82) is 0 Å². The third-order valence-electron chi connectivity index (χ3n) is 5.33. The van der Waals surface area contributed by atoms with Crippen molar-refractivity contribution in [2.75, 3.05) is 13.1 Å².